The van der Waals surface area contributed by atoms with Crippen molar-refractivity contribution in [3.8, 4) is 5.75 Å². The van der Waals surface area contributed by atoms with E-state index < -0.39 is 23.3 Å². The fourth-order valence-corrected chi connectivity index (χ4v) is 2.99. The lowest BCUT2D eigenvalue weighted by Crippen LogP contribution is -2.27. The monoisotopic (exact) mass is 310 g/mol. The number of carbonyl (C=O) groups is 1. The van der Waals surface area contributed by atoms with Gasteiger partial charge in [-0.1, -0.05) is 30.3 Å². The van der Waals surface area contributed by atoms with Gasteiger partial charge in [-0.15, -0.1) is 0 Å². The topological polar surface area (TPSA) is 56.5 Å². The molecule has 0 radical (unpaired) electrons. The fraction of sp³-hybridized carbons (Fsp3) is 0.111. The van der Waals surface area contributed by atoms with E-state index in [1.807, 2.05) is 0 Å². The summed E-state index contributed by atoms with van der Waals surface area (Å²) in [5.41, 5.74) is 0.194. The van der Waals surface area contributed by atoms with Crippen molar-refractivity contribution in [2.45, 2.75) is 12.3 Å². The van der Waals surface area contributed by atoms with Gasteiger partial charge in [-0.25, -0.2) is 9.18 Å². The molecule has 4 rings (SSSR count). The van der Waals surface area contributed by atoms with Crippen LogP contribution < -0.4 is 10.4 Å². The third-order valence-electron chi connectivity index (χ3n) is 4.01. The molecule has 0 saturated heterocycles. The number of esters is 1. The molecular weight excluding hydrogens is 299 g/mol. The van der Waals surface area contributed by atoms with Crippen LogP contribution in [-0.2, 0) is 4.79 Å². The van der Waals surface area contributed by atoms with Crippen molar-refractivity contribution in [3.05, 3.63) is 75.9 Å². The molecule has 0 fully saturated rings. The van der Waals surface area contributed by atoms with Gasteiger partial charge in [-0.2, -0.15) is 0 Å². The van der Waals surface area contributed by atoms with Gasteiger partial charge in [0.15, 0.2) is 5.75 Å². The maximum absolute atomic E-state index is 14.2. The predicted molar refractivity (Wildman–Crippen MR) is 81.0 cm³/mol. The van der Waals surface area contributed by atoms with Crippen LogP contribution in [0.15, 0.2) is 57.7 Å². The van der Waals surface area contributed by atoms with Crippen LogP contribution in [-0.4, -0.2) is 5.97 Å². The van der Waals surface area contributed by atoms with Crippen molar-refractivity contribution >= 4 is 16.9 Å². The molecule has 114 valence electrons. The highest BCUT2D eigenvalue weighted by Gasteiger charge is 2.34. The Balaban J connectivity index is 2.05. The summed E-state index contributed by atoms with van der Waals surface area (Å²) in [5, 5.41) is 0.525. The molecule has 2 heterocycles. The van der Waals surface area contributed by atoms with Crippen LogP contribution in [0.2, 0.25) is 0 Å². The van der Waals surface area contributed by atoms with E-state index in [9.17, 15) is 14.0 Å². The minimum absolute atomic E-state index is 0.100. The van der Waals surface area contributed by atoms with Crippen molar-refractivity contribution in [1.82, 2.24) is 0 Å². The summed E-state index contributed by atoms with van der Waals surface area (Å²) >= 11 is 0. The average molecular weight is 310 g/mol. The zero-order chi connectivity index (χ0) is 16.0. The van der Waals surface area contributed by atoms with E-state index in [1.165, 1.54) is 6.07 Å². The van der Waals surface area contributed by atoms with Gasteiger partial charge in [0.1, 0.15) is 11.4 Å². The Bertz CT molecular complexity index is 990. The Labute approximate surface area is 130 Å². The van der Waals surface area contributed by atoms with Gasteiger partial charge in [0.05, 0.1) is 17.4 Å². The molecule has 0 spiro atoms. The molecule has 1 aliphatic rings. The predicted octanol–water partition coefficient (Wildman–Crippen LogP) is 3.37. The van der Waals surface area contributed by atoms with Gasteiger partial charge < -0.3 is 9.15 Å². The second-order valence-electron chi connectivity index (χ2n) is 5.38. The molecule has 0 amide bonds. The largest absolute Gasteiger partial charge is 0.425 e. The van der Waals surface area contributed by atoms with Crippen molar-refractivity contribution < 1.29 is 18.3 Å². The number of fused-ring (bicyclic) bond motifs is 3. The Morgan fingerprint density at radius 2 is 1.74 bits per heavy atom. The molecule has 1 aliphatic heterocycles. The van der Waals surface area contributed by atoms with E-state index in [0.717, 1.165) is 0 Å². The van der Waals surface area contributed by atoms with Crippen LogP contribution >= 0.6 is 0 Å². The number of hydrogen-bond donors (Lipinski definition) is 0. The number of benzene rings is 2. The first kappa shape index (κ1) is 13.7. The quantitative estimate of drug-likeness (QED) is 0.511. The molecule has 2 aromatic carbocycles. The summed E-state index contributed by atoms with van der Waals surface area (Å²) in [5.74, 6) is -1.51. The highest BCUT2D eigenvalue weighted by atomic mass is 19.1. The van der Waals surface area contributed by atoms with Gasteiger partial charge in [-0.3, -0.25) is 4.79 Å². The van der Waals surface area contributed by atoms with E-state index in [2.05, 4.69) is 0 Å². The van der Waals surface area contributed by atoms with E-state index >= 15 is 0 Å². The van der Waals surface area contributed by atoms with Crippen molar-refractivity contribution in [1.29, 1.82) is 0 Å². The van der Waals surface area contributed by atoms with Gasteiger partial charge in [0.25, 0.3) is 0 Å². The van der Waals surface area contributed by atoms with Crippen LogP contribution in [0.25, 0.3) is 11.0 Å². The second kappa shape index (κ2) is 5.05. The number of halogens is 1. The molecule has 23 heavy (non-hydrogen) atoms. The highest BCUT2D eigenvalue weighted by molar-refractivity contribution is 5.90. The molecule has 0 N–H and O–H groups in total. The third-order valence-corrected chi connectivity index (χ3v) is 4.01. The van der Waals surface area contributed by atoms with Crippen LogP contribution in [0.4, 0.5) is 4.39 Å². The summed E-state index contributed by atoms with van der Waals surface area (Å²) < 4.78 is 24.8. The maximum atomic E-state index is 14.2. The smallest absolute Gasteiger partial charge is 0.343 e. The maximum Gasteiger partial charge on any atom is 0.343 e. The fourth-order valence-electron chi connectivity index (χ4n) is 2.99. The SMILES string of the molecule is O=C1CC(c2ccccc2F)c2c(c3ccccc3oc2=O)O1. The molecule has 3 aromatic rings. The van der Waals surface area contributed by atoms with E-state index in [0.29, 0.717) is 11.0 Å². The minimum atomic E-state index is -0.715. The van der Waals surface area contributed by atoms with Crippen molar-refractivity contribution in [2.24, 2.45) is 0 Å². The number of ether oxygens (including phenoxy) is 1. The molecular formula is C18H11FO4. The molecule has 4 nitrogen and oxygen atoms in total. The average Bonchev–Trinajstić information content (AvgIpc) is 2.54. The Morgan fingerprint density at radius 3 is 2.57 bits per heavy atom. The Kier molecular flexibility index (Phi) is 3.01. The summed E-state index contributed by atoms with van der Waals surface area (Å²) in [6.45, 7) is 0. The zero-order valence-corrected chi connectivity index (χ0v) is 11.9. The lowest BCUT2D eigenvalue weighted by Gasteiger charge is -2.24. The molecule has 5 heteroatoms. The third kappa shape index (κ3) is 2.12. The lowest BCUT2D eigenvalue weighted by atomic mass is 9.86. The summed E-state index contributed by atoms with van der Waals surface area (Å²) in [6.07, 6.45) is -0.100. The standard InChI is InChI=1S/C18H11FO4/c19-13-7-3-1-5-10(13)12-9-15(20)23-17-11-6-2-4-8-14(11)22-18(21)16(12)17/h1-8,12H,9H2. The van der Waals surface area contributed by atoms with E-state index in [-0.39, 0.29) is 23.3 Å². The van der Waals surface area contributed by atoms with Gasteiger partial charge in [0, 0.05) is 5.92 Å². The molecule has 0 bridgehead atoms. The van der Waals surface area contributed by atoms with Crippen LogP contribution in [0, 0.1) is 5.82 Å². The summed E-state index contributed by atoms with van der Waals surface area (Å²) in [4.78, 5) is 24.4. The molecule has 0 saturated carbocycles. The Morgan fingerprint density at radius 1 is 1.00 bits per heavy atom. The highest BCUT2D eigenvalue weighted by Crippen LogP contribution is 2.41. The molecule has 1 aromatic heterocycles. The zero-order valence-electron chi connectivity index (χ0n) is 11.9. The number of hydrogen-bond acceptors (Lipinski definition) is 4. The van der Waals surface area contributed by atoms with Gasteiger partial charge in [0.2, 0.25) is 0 Å². The normalized spacial score (nSPS) is 16.9. The molecule has 0 aliphatic carbocycles. The molecule has 1 unspecified atom stereocenters. The van der Waals surface area contributed by atoms with Crippen molar-refractivity contribution in [2.75, 3.05) is 0 Å². The first-order chi connectivity index (χ1) is 11.1. The number of para-hydroxylation sites is 1. The van der Waals surface area contributed by atoms with Crippen LogP contribution in [0.3, 0.4) is 0 Å². The van der Waals surface area contributed by atoms with Crippen molar-refractivity contribution in [3.63, 3.8) is 0 Å². The van der Waals surface area contributed by atoms with Crippen LogP contribution in [0.1, 0.15) is 23.5 Å². The first-order valence-corrected chi connectivity index (χ1v) is 7.16. The van der Waals surface area contributed by atoms with Gasteiger partial charge >= 0.3 is 11.6 Å². The second-order valence-corrected chi connectivity index (χ2v) is 5.38. The number of carbonyl (C=O) groups excluding carboxylic acids is 1. The van der Waals surface area contributed by atoms with E-state index in [1.54, 1.807) is 42.5 Å². The lowest BCUT2D eigenvalue weighted by molar-refractivity contribution is -0.135. The summed E-state index contributed by atoms with van der Waals surface area (Å²) in [6, 6.07) is 12.9. The number of rotatable bonds is 1. The molecule has 1 atom stereocenters. The Hall–Kier alpha value is -2.95. The summed E-state index contributed by atoms with van der Waals surface area (Å²) in [7, 11) is 0. The van der Waals surface area contributed by atoms with Gasteiger partial charge in [-0.05, 0) is 23.8 Å². The first-order valence-electron chi connectivity index (χ1n) is 7.16. The minimum Gasteiger partial charge on any atom is -0.425 e. The van der Waals surface area contributed by atoms with Crippen LogP contribution in [0.5, 0.6) is 5.75 Å². The van der Waals surface area contributed by atoms with E-state index in [4.69, 9.17) is 9.15 Å².